The van der Waals surface area contributed by atoms with Gasteiger partial charge >= 0.3 is 6.09 Å². The fourth-order valence-electron chi connectivity index (χ4n) is 9.62. The molecule has 2 aliphatic heterocycles. The van der Waals surface area contributed by atoms with Gasteiger partial charge < -0.3 is 24.8 Å². The van der Waals surface area contributed by atoms with Crippen LogP contribution in [0.2, 0.25) is 10.0 Å². The molecule has 2 unspecified atom stereocenters. The first-order valence-electron chi connectivity index (χ1n) is 23.4. The standard InChI is InChI=1S/C30H31ClN4O2S.C25H23ClN4S/c1-30(2,3)37-29(36)35-15-13-19(14-16-35)22-6-5-20-9-12-25(24(20)17-22)34(4)28-33-27(26(18-32)38-28)21-7-10-23(31)11-8-21;1-30(25-29-24(23(15-27)31-25)18-4-7-20(26)8-5-18)22-9-6-17-2-3-19(14-21(17)22)16-10-12-28-13-11-16/h5-8,10-11,13,17,25H,9,12,14-16H2,1-4H3;2-5,7-8,10,14,22,28H,6,9,11-13H2,1H3. The van der Waals surface area contributed by atoms with Gasteiger partial charge in [0.05, 0.1) is 12.1 Å². The van der Waals surface area contributed by atoms with Gasteiger partial charge in [0.25, 0.3) is 0 Å². The first kappa shape index (κ1) is 48.1. The highest BCUT2D eigenvalue weighted by Crippen LogP contribution is 2.44. The minimum Gasteiger partial charge on any atom is -0.444 e. The first-order chi connectivity index (χ1) is 33.3. The molecule has 2 aliphatic carbocycles. The molecular weight excluding hydrogens is 940 g/mol. The van der Waals surface area contributed by atoms with Crippen molar-refractivity contribution in [3.8, 4) is 34.7 Å². The third-order valence-electron chi connectivity index (χ3n) is 13.3. The topological polar surface area (TPSA) is 121 Å². The number of hydrogen-bond acceptors (Lipinski definition) is 11. The van der Waals surface area contributed by atoms with Crippen LogP contribution in [0.5, 0.6) is 0 Å². The summed E-state index contributed by atoms with van der Waals surface area (Å²) in [5.74, 6) is 0. The summed E-state index contributed by atoms with van der Waals surface area (Å²) in [7, 11) is 4.17. The number of anilines is 2. The van der Waals surface area contributed by atoms with Crippen molar-refractivity contribution >= 4 is 73.4 Å². The number of nitrogens with zero attached hydrogens (tertiary/aromatic N) is 7. The molecule has 0 saturated heterocycles. The van der Waals surface area contributed by atoms with E-state index in [1.54, 1.807) is 4.90 Å². The molecule has 1 N–H and O–H groups in total. The van der Waals surface area contributed by atoms with Crippen LogP contribution in [0.4, 0.5) is 15.1 Å². The number of thiazole rings is 2. The molecule has 0 fully saturated rings. The minimum absolute atomic E-state index is 0.183. The van der Waals surface area contributed by atoms with Gasteiger partial charge in [0, 0.05) is 54.9 Å². The van der Waals surface area contributed by atoms with Crippen molar-refractivity contribution in [1.29, 1.82) is 10.5 Å². The SMILES string of the molecule is CN(c1nc(-c2ccc(Cl)cc2)c(C#N)s1)C1CCc2ccc(C3=CCN(C(=O)OC(C)(C)C)CC3)cc21.CN(c1nc(-c2ccc(Cl)cc2)c(C#N)s1)C1CCc2ccc(C3=CCNCC3)cc21. The van der Waals surface area contributed by atoms with Crippen LogP contribution < -0.4 is 15.1 Å². The Kier molecular flexibility index (Phi) is 14.3. The summed E-state index contributed by atoms with van der Waals surface area (Å²) in [4.78, 5) is 29.6. The van der Waals surface area contributed by atoms with Crippen LogP contribution in [0.3, 0.4) is 0 Å². The number of hydrogen-bond donors (Lipinski definition) is 1. The van der Waals surface area contributed by atoms with E-state index in [4.69, 9.17) is 37.9 Å². The highest BCUT2D eigenvalue weighted by molar-refractivity contribution is 7.16. The fraction of sp³-hybridized carbons (Fsp3) is 0.327. The van der Waals surface area contributed by atoms with E-state index in [0.29, 0.717) is 38.6 Å². The monoisotopic (exact) mass is 992 g/mol. The number of halogens is 2. The maximum Gasteiger partial charge on any atom is 0.410 e. The molecule has 10 rings (SSSR count). The molecule has 2 atom stereocenters. The van der Waals surface area contributed by atoms with Gasteiger partial charge in [0.1, 0.15) is 38.9 Å². The van der Waals surface area contributed by atoms with Crippen molar-refractivity contribution in [1.82, 2.24) is 20.2 Å². The molecule has 10 nitrogen and oxygen atoms in total. The Morgan fingerprint density at radius 2 is 1.19 bits per heavy atom. The van der Waals surface area contributed by atoms with Crippen LogP contribution in [0.1, 0.15) is 102 Å². The molecule has 0 radical (unpaired) electrons. The van der Waals surface area contributed by atoms with Gasteiger partial charge in [-0.05, 0) is 147 Å². The molecule has 4 aliphatic rings. The van der Waals surface area contributed by atoms with Gasteiger partial charge in [-0.2, -0.15) is 10.5 Å². The number of benzene rings is 4. The summed E-state index contributed by atoms with van der Waals surface area (Å²) >= 11 is 15.0. The lowest BCUT2D eigenvalue weighted by Crippen LogP contribution is -2.39. The van der Waals surface area contributed by atoms with E-state index in [9.17, 15) is 15.3 Å². The maximum absolute atomic E-state index is 12.5. The zero-order chi connectivity index (χ0) is 48.4. The van der Waals surface area contributed by atoms with Crippen LogP contribution in [0, 0.1) is 22.7 Å². The highest BCUT2D eigenvalue weighted by Gasteiger charge is 2.32. The summed E-state index contributed by atoms with van der Waals surface area (Å²) in [5, 5.41) is 25.9. The van der Waals surface area contributed by atoms with E-state index in [1.807, 2.05) is 69.3 Å². The van der Waals surface area contributed by atoms with E-state index in [2.05, 4.69) is 89.9 Å². The molecule has 1 amide bonds. The van der Waals surface area contributed by atoms with Crippen molar-refractivity contribution in [3.05, 3.63) is 150 Å². The van der Waals surface area contributed by atoms with Crippen molar-refractivity contribution in [3.63, 3.8) is 0 Å². The summed E-state index contributed by atoms with van der Waals surface area (Å²) < 4.78 is 5.53. The molecule has 6 aromatic rings. The summed E-state index contributed by atoms with van der Waals surface area (Å²) in [6.07, 6.45) is 10.2. The summed E-state index contributed by atoms with van der Waals surface area (Å²) in [6, 6.07) is 33.8. The molecule has 0 bridgehead atoms. The Balaban J connectivity index is 0.000000175. The number of aromatic nitrogens is 2. The third kappa shape index (κ3) is 10.6. The molecular formula is C55H54Cl2N8O2S2. The summed E-state index contributed by atoms with van der Waals surface area (Å²) in [6.45, 7) is 8.84. The highest BCUT2D eigenvalue weighted by atomic mass is 35.5. The normalized spacial score (nSPS) is 17.3. The van der Waals surface area contributed by atoms with Crippen molar-refractivity contribution < 1.29 is 9.53 Å². The zero-order valence-corrected chi connectivity index (χ0v) is 42.6. The predicted molar refractivity (Wildman–Crippen MR) is 282 cm³/mol. The fourth-order valence-corrected chi connectivity index (χ4v) is 11.7. The Hall–Kier alpha value is -5.99. The average molecular weight is 994 g/mol. The van der Waals surface area contributed by atoms with E-state index in [1.165, 1.54) is 67.2 Å². The van der Waals surface area contributed by atoms with E-state index < -0.39 is 5.60 Å². The number of carbonyl (C=O) groups excluding carboxylic acids is 1. The number of amides is 1. The smallest absolute Gasteiger partial charge is 0.410 e. The molecule has 4 heterocycles. The van der Waals surface area contributed by atoms with Gasteiger partial charge in [0.2, 0.25) is 0 Å². The van der Waals surface area contributed by atoms with Gasteiger partial charge in [0.15, 0.2) is 10.3 Å². The van der Waals surface area contributed by atoms with E-state index >= 15 is 0 Å². The summed E-state index contributed by atoms with van der Waals surface area (Å²) in [5.41, 5.74) is 13.4. The Morgan fingerprint density at radius 1 is 0.710 bits per heavy atom. The molecule has 2 aromatic heterocycles. The van der Waals surface area contributed by atoms with Crippen LogP contribution in [0.25, 0.3) is 33.7 Å². The molecule has 0 spiro atoms. The van der Waals surface area contributed by atoms with Crippen molar-refractivity contribution in [2.75, 3.05) is 50.1 Å². The molecule has 4 aromatic carbocycles. The van der Waals surface area contributed by atoms with Crippen LogP contribution in [-0.2, 0) is 17.6 Å². The maximum atomic E-state index is 12.5. The number of aryl methyl sites for hydroxylation is 2. The Morgan fingerprint density at radius 3 is 1.61 bits per heavy atom. The zero-order valence-electron chi connectivity index (χ0n) is 39.5. The molecule has 352 valence electrons. The Bertz CT molecular complexity index is 3030. The third-order valence-corrected chi connectivity index (χ3v) is 15.9. The van der Waals surface area contributed by atoms with E-state index in [0.717, 1.165) is 78.7 Å². The van der Waals surface area contributed by atoms with Gasteiger partial charge in [-0.3, -0.25) is 0 Å². The second-order valence-electron chi connectivity index (χ2n) is 18.8. The average Bonchev–Trinajstić information content (AvgIpc) is 4.19. The van der Waals surface area contributed by atoms with Crippen LogP contribution in [-0.4, -0.2) is 66.8 Å². The number of carbonyl (C=O) groups is 1. The Labute approximate surface area is 423 Å². The number of nitriles is 2. The lowest BCUT2D eigenvalue weighted by atomic mass is 9.95. The predicted octanol–water partition coefficient (Wildman–Crippen LogP) is 13.3. The number of fused-ring (bicyclic) bond motifs is 2. The van der Waals surface area contributed by atoms with Gasteiger partial charge in [-0.15, -0.1) is 0 Å². The van der Waals surface area contributed by atoms with Crippen LogP contribution in [0.15, 0.2) is 97.1 Å². The van der Waals surface area contributed by atoms with Gasteiger partial charge in [-0.1, -0.05) is 107 Å². The quantitative estimate of drug-likeness (QED) is 0.159. The van der Waals surface area contributed by atoms with Crippen molar-refractivity contribution in [2.24, 2.45) is 0 Å². The molecule has 0 saturated carbocycles. The lowest BCUT2D eigenvalue weighted by molar-refractivity contribution is 0.0270. The second-order valence-corrected chi connectivity index (χ2v) is 21.7. The molecule has 14 heteroatoms. The minimum atomic E-state index is -0.497. The van der Waals surface area contributed by atoms with Gasteiger partial charge in [-0.25, -0.2) is 14.8 Å². The largest absolute Gasteiger partial charge is 0.444 e. The van der Waals surface area contributed by atoms with Crippen LogP contribution >= 0.6 is 45.9 Å². The van der Waals surface area contributed by atoms with E-state index in [-0.39, 0.29) is 18.2 Å². The number of rotatable bonds is 8. The lowest BCUT2D eigenvalue weighted by Gasteiger charge is -2.30. The first-order valence-corrected chi connectivity index (χ1v) is 25.8. The number of ether oxygens (including phenoxy) is 1. The van der Waals surface area contributed by atoms with Crippen molar-refractivity contribution in [2.45, 2.75) is 77.0 Å². The molecule has 69 heavy (non-hydrogen) atoms. The number of nitrogens with one attached hydrogen (secondary N) is 1. The second kappa shape index (κ2) is 20.5.